The third kappa shape index (κ3) is 4.49. The summed E-state index contributed by atoms with van der Waals surface area (Å²) in [6.07, 6.45) is 2.28. The molecule has 0 aromatic carbocycles. The molecule has 0 bridgehead atoms. The Labute approximate surface area is 121 Å². The summed E-state index contributed by atoms with van der Waals surface area (Å²) < 4.78 is 0. The number of hydrogen-bond acceptors (Lipinski definition) is 4. The molecule has 0 aliphatic rings. The summed E-state index contributed by atoms with van der Waals surface area (Å²) in [6, 6.07) is 3.71. The van der Waals surface area contributed by atoms with Gasteiger partial charge in [-0.1, -0.05) is 20.8 Å². The number of aliphatic hydroxyl groups is 1. The molecule has 112 valence electrons. The van der Waals surface area contributed by atoms with E-state index in [1.165, 1.54) is 4.90 Å². The van der Waals surface area contributed by atoms with Crippen LogP contribution < -0.4 is 5.32 Å². The number of pyridine rings is 1. The lowest BCUT2D eigenvalue weighted by molar-refractivity contribution is 0.0822. The fraction of sp³-hybridized carbons (Fsp3) is 0.600. The van der Waals surface area contributed by atoms with Gasteiger partial charge < -0.3 is 15.3 Å². The van der Waals surface area contributed by atoms with E-state index in [2.05, 4.69) is 31.1 Å². The number of carbonyl (C=O) groups excluding carboxylic acids is 1. The molecule has 0 saturated carbocycles. The highest BCUT2D eigenvalue weighted by molar-refractivity contribution is 5.92. The summed E-state index contributed by atoms with van der Waals surface area (Å²) in [7, 11) is 3.40. The number of rotatable bonds is 5. The van der Waals surface area contributed by atoms with Crippen LogP contribution in [-0.4, -0.2) is 47.6 Å². The Morgan fingerprint density at radius 1 is 1.45 bits per heavy atom. The second-order valence-corrected chi connectivity index (χ2v) is 6.20. The summed E-state index contributed by atoms with van der Waals surface area (Å²) in [4.78, 5) is 17.5. The molecule has 1 atom stereocenters. The summed E-state index contributed by atoms with van der Waals surface area (Å²) in [5.74, 6) is -0.122. The number of carbonyl (C=O) groups is 1. The number of nitrogens with zero attached hydrogens (tertiary/aromatic N) is 2. The molecular formula is C15H25N3O2. The lowest BCUT2D eigenvalue weighted by atomic mass is 9.85. The molecule has 1 rings (SSSR count). The molecule has 5 nitrogen and oxygen atoms in total. The first kappa shape index (κ1) is 16.4. The first-order chi connectivity index (χ1) is 9.25. The SMILES string of the molecule is CN(C)C(=O)c1cc(NC(CCO)C(C)(C)C)ccn1. The van der Waals surface area contributed by atoms with E-state index in [0.717, 1.165) is 5.69 Å². The predicted molar refractivity (Wildman–Crippen MR) is 80.8 cm³/mol. The monoisotopic (exact) mass is 279 g/mol. The molecule has 20 heavy (non-hydrogen) atoms. The van der Waals surface area contributed by atoms with Gasteiger partial charge in [0.25, 0.3) is 5.91 Å². The van der Waals surface area contributed by atoms with Crippen molar-refractivity contribution in [3.8, 4) is 0 Å². The van der Waals surface area contributed by atoms with E-state index in [1.54, 1.807) is 26.4 Å². The third-order valence-electron chi connectivity index (χ3n) is 3.19. The van der Waals surface area contributed by atoms with Crippen molar-refractivity contribution < 1.29 is 9.90 Å². The molecule has 1 amide bonds. The van der Waals surface area contributed by atoms with Crippen molar-refractivity contribution >= 4 is 11.6 Å². The summed E-state index contributed by atoms with van der Waals surface area (Å²) in [5, 5.41) is 12.6. The number of anilines is 1. The van der Waals surface area contributed by atoms with Gasteiger partial charge in [-0.25, -0.2) is 0 Å². The van der Waals surface area contributed by atoms with Crippen molar-refractivity contribution in [2.75, 3.05) is 26.0 Å². The zero-order valence-electron chi connectivity index (χ0n) is 13.0. The predicted octanol–water partition coefficient (Wildman–Crippen LogP) is 1.99. The summed E-state index contributed by atoms with van der Waals surface area (Å²) >= 11 is 0. The van der Waals surface area contributed by atoms with Gasteiger partial charge in [-0.05, 0) is 24.0 Å². The lowest BCUT2D eigenvalue weighted by Gasteiger charge is -2.32. The Bertz CT molecular complexity index is 453. The Morgan fingerprint density at radius 2 is 2.10 bits per heavy atom. The van der Waals surface area contributed by atoms with Gasteiger partial charge in [0.05, 0.1) is 0 Å². The maximum atomic E-state index is 11.9. The minimum absolute atomic E-state index is 0.0116. The molecule has 0 aliphatic carbocycles. The largest absolute Gasteiger partial charge is 0.396 e. The Balaban J connectivity index is 2.91. The first-order valence-corrected chi connectivity index (χ1v) is 6.81. The topological polar surface area (TPSA) is 65.5 Å². The molecular weight excluding hydrogens is 254 g/mol. The Kier molecular flexibility index (Phi) is 5.51. The van der Waals surface area contributed by atoms with Crippen LogP contribution in [0, 0.1) is 5.41 Å². The highest BCUT2D eigenvalue weighted by Crippen LogP contribution is 2.25. The average molecular weight is 279 g/mol. The molecule has 0 spiro atoms. The number of hydrogen-bond donors (Lipinski definition) is 2. The molecule has 1 aromatic heterocycles. The molecule has 1 unspecified atom stereocenters. The number of aliphatic hydroxyl groups excluding tert-OH is 1. The van der Waals surface area contributed by atoms with E-state index in [9.17, 15) is 9.90 Å². The van der Waals surface area contributed by atoms with Gasteiger partial charge in [-0.2, -0.15) is 0 Å². The van der Waals surface area contributed by atoms with Crippen LogP contribution in [0.5, 0.6) is 0 Å². The van der Waals surface area contributed by atoms with Crippen molar-refractivity contribution in [1.29, 1.82) is 0 Å². The average Bonchev–Trinajstić information content (AvgIpc) is 2.36. The minimum Gasteiger partial charge on any atom is -0.396 e. The van der Waals surface area contributed by atoms with Gasteiger partial charge in [-0.15, -0.1) is 0 Å². The highest BCUT2D eigenvalue weighted by atomic mass is 16.3. The minimum atomic E-state index is -0.122. The van der Waals surface area contributed by atoms with Gasteiger partial charge in [0.1, 0.15) is 5.69 Å². The molecule has 5 heteroatoms. The van der Waals surface area contributed by atoms with Crippen molar-refractivity contribution in [2.45, 2.75) is 33.2 Å². The Morgan fingerprint density at radius 3 is 2.60 bits per heavy atom. The molecule has 1 aromatic rings. The van der Waals surface area contributed by atoms with Gasteiger partial charge in [0, 0.05) is 38.6 Å². The maximum Gasteiger partial charge on any atom is 0.272 e. The van der Waals surface area contributed by atoms with E-state index < -0.39 is 0 Å². The van der Waals surface area contributed by atoms with Crippen LogP contribution in [0.15, 0.2) is 18.3 Å². The van der Waals surface area contributed by atoms with Crippen molar-refractivity contribution in [3.05, 3.63) is 24.0 Å². The van der Waals surface area contributed by atoms with Gasteiger partial charge in [0.15, 0.2) is 0 Å². The van der Waals surface area contributed by atoms with Gasteiger partial charge >= 0.3 is 0 Å². The number of amides is 1. The molecule has 2 N–H and O–H groups in total. The van der Waals surface area contributed by atoms with Crippen LogP contribution in [-0.2, 0) is 0 Å². The summed E-state index contributed by atoms with van der Waals surface area (Å²) in [6.45, 7) is 6.48. The summed E-state index contributed by atoms with van der Waals surface area (Å²) in [5.41, 5.74) is 1.27. The zero-order chi connectivity index (χ0) is 15.3. The van der Waals surface area contributed by atoms with Crippen molar-refractivity contribution in [1.82, 2.24) is 9.88 Å². The first-order valence-electron chi connectivity index (χ1n) is 6.81. The normalized spacial score (nSPS) is 12.9. The van der Waals surface area contributed by atoms with E-state index in [1.807, 2.05) is 6.07 Å². The molecule has 1 heterocycles. The third-order valence-corrected chi connectivity index (χ3v) is 3.19. The van der Waals surface area contributed by atoms with Crippen LogP contribution in [0.1, 0.15) is 37.7 Å². The molecule has 0 radical (unpaired) electrons. The van der Waals surface area contributed by atoms with Crippen molar-refractivity contribution in [2.24, 2.45) is 5.41 Å². The van der Waals surface area contributed by atoms with Crippen LogP contribution in [0.25, 0.3) is 0 Å². The van der Waals surface area contributed by atoms with Gasteiger partial charge in [0.2, 0.25) is 0 Å². The number of nitrogens with one attached hydrogen (secondary N) is 1. The highest BCUT2D eigenvalue weighted by Gasteiger charge is 2.24. The lowest BCUT2D eigenvalue weighted by Crippen LogP contribution is -2.35. The molecule has 0 saturated heterocycles. The number of aromatic nitrogens is 1. The van der Waals surface area contributed by atoms with E-state index >= 15 is 0 Å². The fourth-order valence-electron chi connectivity index (χ4n) is 1.92. The quantitative estimate of drug-likeness (QED) is 0.865. The van der Waals surface area contributed by atoms with Gasteiger partial charge in [-0.3, -0.25) is 9.78 Å². The second kappa shape index (κ2) is 6.70. The van der Waals surface area contributed by atoms with Crippen LogP contribution in [0.2, 0.25) is 0 Å². The van der Waals surface area contributed by atoms with Crippen molar-refractivity contribution in [3.63, 3.8) is 0 Å². The maximum absolute atomic E-state index is 11.9. The Hall–Kier alpha value is -1.62. The molecule has 0 fully saturated rings. The standard InChI is InChI=1S/C15H25N3O2/c1-15(2,3)13(7-9-19)17-11-6-8-16-12(10-11)14(20)18(4)5/h6,8,10,13,19H,7,9H2,1-5H3,(H,16,17). The molecule has 0 aliphatic heterocycles. The van der Waals surface area contributed by atoms with Crippen LogP contribution in [0.4, 0.5) is 5.69 Å². The van der Waals surface area contributed by atoms with E-state index in [0.29, 0.717) is 12.1 Å². The van der Waals surface area contributed by atoms with Crippen LogP contribution >= 0.6 is 0 Å². The van der Waals surface area contributed by atoms with E-state index in [4.69, 9.17) is 0 Å². The van der Waals surface area contributed by atoms with Crippen LogP contribution in [0.3, 0.4) is 0 Å². The smallest absolute Gasteiger partial charge is 0.272 e. The zero-order valence-corrected chi connectivity index (χ0v) is 13.0. The second-order valence-electron chi connectivity index (χ2n) is 6.20. The van der Waals surface area contributed by atoms with E-state index in [-0.39, 0.29) is 24.0 Å². The fourth-order valence-corrected chi connectivity index (χ4v) is 1.92.